The first kappa shape index (κ1) is 21.6. The maximum atomic E-state index is 14.1. The first-order valence-corrected chi connectivity index (χ1v) is 12.2. The number of benzene rings is 2. The third kappa shape index (κ3) is 4.24. The lowest BCUT2D eigenvalue weighted by Crippen LogP contribution is -2.27. The summed E-state index contributed by atoms with van der Waals surface area (Å²) in [5, 5.41) is 0.779. The van der Waals surface area contributed by atoms with Crippen LogP contribution in [0.25, 0.3) is 28.0 Å². The zero-order valence-corrected chi connectivity index (χ0v) is 18.8. The Morgan fingerprint density at radius 3 is 2.61 bits per heavy atom. The van der Waals surface area contributed by atoms with Crippen LogP contribution in [0.5, 0.6) is 0 Å². The second kappa shape index (κ2) is 8.96. The fourth-order valence-electron chi connectivity index (χ4n) is 3.97. The van der Waals surface area contributed by atoms with E-state index in [9.17, 15) is 13.4 Å². The van der Waals surface area contributed by atoms with E-state index in [0.29, 0.717) is 45.4 Å². The van der Waals surface area contributed by atoms with Gasteiger partial charge in [0, 0.05) is 59.3 Å². The minimum atomic E-state index is -1.24. The summed E-state index contributed by atoms with van der Waals surface area (Å²) in [4.78, 5) is 22.3. The molecule has 0 N–H and O–H groups in total. The smallest absolute Gasteiger partial charge is 0.234 e. The molecule has 1 aliphatic heterocycles. The van der Waals surface area contributed by atoms with Crippen molar-refractivity contribution in [3.05, 3.63) is 72.4 Å². The van der Waals surface area contributed by atoms with E-state index in [-0.39, 0.29) is 11.6 Å². The van der Waals surface area contributed by atoms with E-state index >= 15 is 0 Å². The van der Waals surface area contributed by atoms with Crippen molar-refractivity contribution in [2.75, 3.05) is 19.5 Å². The molecule has 0 spiro atoms. The fourth-order valence-corrected chi connectivity index (χ4v) is 4.71. The molecule has 1 atom stereocenters. The molecule has 33 heavy (non-hydrogen) atoms. The Kier molecular flexibility index (Phi) is 5.86. The van der Waals surface area contributed by atoms with Crippen molar-refractivity contribution in [1.29, 1.82) is 0 Å². The summed E-state index contributed by atoms with van der Waals surface area (Å²) in [6, 6.07) is 11.9. The molecule has 8 heteroatoms. The lowest BCUT2D eigenvalue weighted by atomic mass is 9.97. The number of nitrogens with zero attached hydrogens (tertiary/aromatic N) is 3. The Labute approximate surface area is 192 Å². The molecule has 0 aliphatic carbocycles. The average molecular weight is 464 g/mol. The highest BCUT2D eigenvalue weighted by Gasteiger charge is 2.21. The zero-order valence-electron chi connectivity index (χ0n) is 18.0. The standard InChI is InChI=1S/C25H22FN3O3S/c1-33(31)24-13-29(25-27-11-18(12-28-25)19-4-2-3-5-21(19)26)22-10-17(7-8-20(22)24)23(30)9-6-16-14-32-15-16/h2-5,7-8,10-13,16H,6,9,14-15H2,1H3. The van der Waals surface area contributed by atoms with Crippen LogP contribution >= 0.6 is 0 Å². The van der Waals surface area contributed by atoms with Gasteiger partial charge in [0.05, 0.1) is 34.4 Å². The number of aromatic nitrogens is 3. The SMILES string of the molecule is CS(=O)c1cn(-c2ncc(-c3ccccc3F)cn2)c2cc(C(=O)CCC3COC3)ccc12. The first-order valence-electron chi connectivity index (χ1n) is 10.7. The third-order valence-electron chi connectivity index (χ3n) is 5.93. The topological polar surface area (TPSA) is 74.1 Å². The fraction of sp³-hybridized carbons (Fsp3) is 0.240. The number of ketones is 1. The molecule has 1 saturated heterocycles. The maximum absolute atomic E-state index is 14.1. The Morgan fingerprint density at radius 1 is 1.18 bits per heavy atom. The molecule has 0 amide bonds. The normalized spacial score (nSPS) is 14.8. The average Bonchev–Trinajstić information content (AvgIpc) is 3.18. The van der Waals surface area contributed by atoms with Crippen molar-refractivity contribution in [2.24, 2.45) is 5.92 Å². The molecule has 2 aromatic heterocycles. The summed E-state index contributed by atoms with van der Waals surface area (Å²) in [5.74, 6) is 0.525. The molecule has 1 fully saturated rings. The summed E-state index contributed by atoms with van der Waals surface area (Å²) in [5.41, 5.74) is 2.28. The molecule has 0 radical (unpaired) electrons. The van der Waals surface area contributed by atoms with E-state index < -0.39 is 10.8 Å². The molecule has 5 rings (SSSR count). The predicted molar refractivity (Wildman–Crippen MR) is 124 cm³/mol. The molecule has 168 valence electrons. The van der Waals surface area contributed by atoms with Crippen molar-refractivity contribution in [3.63, 3.8) is 0 Å². The minimum Gasteiger partial charge on any atom is -0.381 e. The predicted octanol–water partition coefficient (Wildman–Crippen LogP) is 4.57. The van der Waals surface area contributed by atoms with E-state index in [4.69, 9.17) is 4.74 Å². The van der Waals surface area contributed by atoms with Gasteiger partial charge in [0.25, 0.3) is 0 Å². The molecule has 2 aromatic carbocycles. The largest absolute Gasteiger partial charge is 0.381 e. The number of hydrogen-bond donors (Lipinski definition) is 0. The molecular formula is C25H22FN3O3S. The quantitative estimate of drug-likeness (QED) is 0.375. The minimum absolute atomic E-state index is 0.0616. The number of hydrogen-bond acceptors (Lipinski definition) is 5. The monoisotopic (exact) mass is 463 g/mol. The molecular weight excluding hydrogens is 441 g/mol. The van der Waals surface area contributed by atoms with Gasteiger partial charge in [-0.1, -0.05) is 30.3 Å². The van der Waals surface area contributed by atoms with Gasteiger partial charge in [-0.25, -0.2) is 14.4 Å². The third-order valence-corrected chi connectivity index (χ3v) is 6.87. The second-order valence-electron chi connectivity index (χ2n) is 8.17. The highest BCUT2D eigenvalue weighted by Crippen LogP contribution is 2.29. The van der Waals surface area contributed by atoms with Crippen molar-refractivity contribution in [2.45, 2.75) is 17.7 Å². The maximum Gasteiger partial charge on any atom is 0.234 e. The molecule has 4 aromatic rings. The van der Waals surface area contributed by atoms with E-state index in [1.807, 2.05) is 6.07 Å². The second-order valence-corrected chi connectivity index (χ2v) is 9.51. The Morgan fingerprint density at radius 2 is 1.94 bits per heavy atom. The number of rotatable bonds is 7. The van der Waals surface area contributed by atoms with Gasteiger partial charge in [-0.05, 0) is 18.6 Å². The number of ether oxygens (including phenoxy) is 1. The number of fused-ring (bicyclic) bond motifs is 1. The highest BCUT2D eigenvalue weighted by atomic mass is 32.2. The first-order chi connectivity index (χ1) is 16.0. The number of halogens is 1. The summed E-state index contributed by atoms with van der Waals surface area (Å²) < 4.78 is 33.4. The van der Waals surface area contributed by atoms with Gasteiger partial charge in [0.15, 0.2) is 5.78 Å². The summed E-state index contributed by atoms with van der Waals surface area (Å²) in [6.07, 6.45) is 7.74. The lowest BCUT2D eigenvalue weighted by Gasteiger charge is -2.25. The number of carbonyl (C=O) groups is 1. The van der Waals surface area contributed by atoms with Gasteiger partial charge < -0.3 is 4.74 Å². The van der Waals surface area contributed by atoms with Gasteiger partial charge in [-0.2, -0.15) is 0 Å². The lowest BCUT2D eigenvalue weighted by molar-refractivity contribution is -0.0353. The van der Waals surface area contributed by atoms with E-state index in [1.165, 1.54) is 6.07 Å². The van der Waals surface area contributed by atoms with Crippen LogP contribution in [-0.4, -0.2) is 44.0 Å². The summed E-state index contributed by atoms with van der Waals surface area (Å²) in [6.45, 7) is 1.45. The highest BCUT2D eigenvalue weighted by molar-refractivity contribution is 7.84. The molecule has 0 bridgehead atoms. The van der Waals surface area contributed by atoms with Crippen molar-refractivity contribution < 1.29 is 18.1 Å². The molecule has 6 nitrogen and oxygen atoms in total. The van der Waals surface area contributed by atoms with Crippen LogP contribution in [0.15, 0.2) is 66.0 Å². The Hall–Kier alpha value is -3.23. The van der Waals surface area contributed by atoms with Gasteiger partial charge in [-0.15, -0.1) is 0 Å². The Balaban J connectivity index is 1.51. The van der Waals surface area contributed by atoms with Crippen LogP contribution in [0, 0.1) is 11.7 Å². The van der Waals surface area contributed by atoms with E-state index in [0.717, 1.165) is 25.0 Å². The van der Waals surface area contributed by atoms with E-state index in [1.54, 1.807) is 59.7 Å². The van der Waals surface area contributed by atoms with Crippen molar-refractivity contribution in [3.8, 4) is 17.1 Å². The van der Waals surface area contributed by atoms with Crippen LogP contribution in [0.4, 0.5) is 4.39 Å². The zero-order chi connectivity index (χ0) is 22.9. The summed E-state index contributed by atoms with van der Waals surface area (Å²) >= 11 is 0. The van der Waals surface area contributed by atoms with Gasteiger partial charge in [0.1, 0.15) is 5.82 Å². The van der Waals surface area contributed by atoms with Crippen LogP contribution in [0.2, 0.25) is 0 Å². The number of Topliss-reactive ketones (excluding diaryl/α,β-unsaturated/α-hetero) is 1. The van der Waals surface area contributed by atoms with Gasteiger partial charge in [-0.3, -0.25) is 13.6 Å². The van der Waals surface area contributed by atoms with Crippen LogP contribution in [-0.2, 0) is 15.5 Å². The Bertz CT molecular complexity index is 1360. The van der Waals surface area contributed by atoms with Gasteiger partial charge >= 0.3 is 0 Å². The molecule has 1 aliphatic rings. The summed E-state index contributed by atoms with van der Waals surface area (Å²) in [7, 11) is -1.24. The number of carbonyl (C=O) groups excluding carboxylic acids is 1. The van der Waals surface area contributed by atoms with Gasteiger partial charge in [0.2, 0.25) is 5.95 Å². The van der Waals surface area contributed by atoms with Crippen LogP contribution in [0.3, 0.4) is 0 Å². The van der Waals surface area contributed by atoms with E-state index in [2.05, 4.69) is 9.97 Å². The van der Waals surface area contributed by atoms with Crippen LogP contribution < -0.4 is 0 Å². The van der Waals surface area contributed by atoms with Crippen molar-refractivity contribution in [1.82, 2.24) is 14.5 Å². The molecule has 3 heterocycles. The molecule has 1 unspecified atom stereocenters. The molecule has 0 saturated carbocycles. The van der Waals surface area contributed by atoms with Crippen LogP contribution in [0.1, 0.15) is 23.2 Å². The van der Waals surface area contributed by atoms with Crippen molar-refractivity contribution >= 4 is 27.5 Å².